The van der Waals surface area contributed by atoms with Crippen LogP contribution in [0.4, 0.5) is 5.69 Å². The van der Waals surface area contributed by atoms with Gasteiger partial charge in [-0.05, 0) is 55.8 Å². The fourth-order valence-electron chi connectivity index (χ4n) is 2.11. The number of carbonyl (C=O) groups is 2. The lowest BCUT2D eigenvalue weighted by atomic mass is 10.2. The summed E-state index contributed by atoms with van der Waals surface area (Å²) in [6.07, 6.45) is -0.201. The van der Waals surface area contributed by atoms with E-state index in [0.717, 1.165) is 5.56 Å². The maximum atomic E-state index is 11.8. The number of hydrogen-bond acceptors (Lipinski definition) is 3. The lowest BCUT2D eigenvalue weighted by Crippen LogP contribution is -2.33. The molecule has 0 aliphatic carbocycles. The van der Waals surface area contributed by atoms with Crippen molar-refractivity contribution in [3.05, 3.63) is 59.1 Å². The number of nitrogens with one attached hydrogen (secondary N) is 2. The maximum Gasteiger partial charge on any atom is 0.233 e. The SMILES string of the molecule is CC(C)NC(=O)CC(=O)Nc1ccc(OCc2ccc(Cl)cc2)cc1. The van der Waals surface area contributed by atoms with Crippen LogP contribution < -0.4 is 15.4 Å². The largest absolute Gasteiger partial charge is 0.489 e. The van der Waals surface area contributed by atoms with Crippen LogP contribution in [0.25, 0.3) is 0 Å². The molecule has 0 fully saturated rings. The molecule has 2 aromatic rings. The number of carbonyl (C=O) groups excluding carboxylic acids is 2. The molecule has 6 heteroatoms. The highest BCUT2D eigenvalue weighted by Gasteiger charge is 2.10. The third-order valence-corrected chi connectivity index (χ3v) is 3.48. The van der Waals surface area contributed by atoms with E-state index < -0.39 is 0 Å². The molecule has 2 aromatic carbocycles. The van der Waals surface area contributed by atoms with Crippen molar-refractivity contribution < 1.29 is 14.3 Å². The summed E-state index contributed by atoms with van der Waals surface area (Å²) < 4.78 is 5.68. The minimum Gasteiger partial charge on any atom is -0.489 e. The highest BCUT2D eigenvalue weighted by molar-refractivity contribution is 6.30. The number of hydrogen-bond donors (Lipinski definition) is 2. The van der Waals surface area contributed by atoms with Crippen LogP contribution in [0.15, 0.2) is 48.5 Å². The number of benzene rings is 2. The Morgan fingerprint density at radius 2 is 1.64 bits per heavy atom. The van der Waals surface area contributed by atoms with Crippen molar-refractivity contribution in [2.75, 3.05) is 5.32 Å². The molecule has 0 bridgehead atoms. The van der Waals surface area contributed by atoms with Gasteiger partial charge in [0.2, 0.25) is 11.8 Å². The Labute approximate surface area is 152 Å². The number of rotatable bonds is 7. The van der Waals surface area contributed by atoms with Gasteiger partial charge in [0.25, 0.3) is 0 Å². The Hall–Kier alpha value is -2.53. The molecular weight excluding hydrogens is 340 g/mol. The van der Waals surface area contributed by atoms with Crippen LogP contribution in [-0.2, 0) is 16.2 Å². The van der Waals surface area contributed by atoms with Gasteiger partial charge in [-0.15, -0.1) is 0 Å². The zero-order valence-corrected chi connectivity index (χ0v) is 15.0. The highest BCUT2D eigenvalue weighted by Crippen LogP contribution is 2.18. The van der Waals surface area contributed by atoms with Gasteiger partial charge in [0.15, 0.2) is 0 Å². The third kappa shape index (κ3) is 6.85. The Morgan fingerprint density at radius 3 is 2.24 bits per heavy atom. The number of amides is 2. The van der Waals surface area contributed by atoms with Gasteiger partial charge in [-0.3, -0.25) is 9.59 Å². The smallest absolute Gasteiger partial charge is 0.233 e. The molecule has 132 valence electrons. The molecule has 0 aromatic heterocycles. The first-order valence-corrected chi connectivity index (χ1v) is 8.36. The molecular formula is C19H21ClN2O3. The summed E-state index contributed by atoms with van der Waals surface area (Å²) in [5.74, 6) is 0.0360. The molecule has 25 heavy (non-hydrogen) atoms. The van der Waals surface area contributed by atoms with Gasteiger partial charge in [0.05, 0.1) is 0 Å². The van der Waals surface area contributed by atoms with Gasteiger partial charge < -0.3 is 15.4 Å². The summed E-state index contributed by atoms with van der Waals surface area (Å²) >= 11 is 5.84. The van der Waals surface area contributed by atoms with Crippen LogP contribution in [0, 0.1) is 0 Å². The van der Waals surface area contributed by atoms with Crippen LogP contribution in [0.5, 0.6) is 5.75 Å². The molecule has 2 amide bonds. The fraction of sp³-hybridized carbons (Fsp3) is 0.263. The van der Waals surface area contributed by atoms with E-state index in [2.05, 4.69) is 10.6 Å². The Balaban J connectivity index is 1.81. The van der Waals surface area contributed by atoms with Crippen molar-refractivity contribution in [3.63, 3.8) is 0 Å². The zero-order chi connectivity index (χ0) is 18.2. The summed E-state index contributed by atoms with van der Waals surface area (Å²) in [6.45, 7) is 4.12. The quantitative estimate of drug-likeness (QED) is 0.738. The Morgan fingerprint density at radius 1 is 1.00 bits per heavy atom. The predicted molar refractivity (Wildman–Crippen MR) is 98.8 cm³/mol. The monoisotopic (exact) mass is 360 g/mol. The van der Waals surface area contributed by atoms with Gasteiger partial charge in [-0.1, -0.05) is 23.7 Å². The normalized spacial score (nSPS) is 10.4. The first-order chi connectivity index (χ1) is 11.9. The molecule has 0 saturated heterocycles. The number of anilines is 1. The second-order valence-corrected chi connectivity index (χ2v) is 6.32. The van der Waals surface area contributed by atoms with E-state index >= 15 is 0 Å². The van der Waals surface area contributed by atoms with E-state index in [9.17, 15) is 9.59 Å². The molecule has 2 N–H and O–H groups in total. The molecule has 0 aliphatic heterocycles. The third-order valence-electron chi connectivity index (χ3n) is 3.23. The summed E-state index contributed by atoms with van der Waals surface area (Å²) in [5.41, 5.74) is 1.62. The average Bonchev–Trinajstić information content (AvgIpc) is 2.54. The Kier molecular flexibility index (Phi) is 6.83. The molecule has 0 aliphatic rings. The molecule has 0 spiro atoms. The molecule has 0 heterocycles. The average molecular weight is 361 g/mol. The minimum atomic E-state index is -0.354. The topological polar surface area (TPSA) is 67.4 Å². The molecule has 0 radical (unpaired) electrons. The molecule has 5 nitrogen and oxygen atoms in total. The van der Waals surface area contributed by atoms with Gasteiger partial charge in [0.1, 0.15) is 18.8 Å². The summed E-state index contributed by atoms with van der Waals surface area (Å²) in [7, 11) is 0. The fourth-order valence-corrected chi connectivity index (χ4v) is 2.23. The summed E-state index contributed by atoms with van der Waals surface area (Å²) in [5, 5.41) is 6.05. The van der Waals surface area contributed by atoms with Gasteiger partial charge >= 0.3 is 0 Å². The lowest BCUT2D eigenvalue weighted by molar-refractivity contribution is -0.127. The maximum absolute atomic E-state index is 11.8. The van der Waals surface area contributed by atoms with Crippen LogP contribution in [-0.4, -0.2) is 17.9 Å². The second-order valence-electron chi connectivity index (χ2n) is 5.89. The lowest BCUT2D eigenvalue weighted by Gasteiger charge is -2.10. The summed E-state index contributed by atoms with van der Waals surface area (Å²) in [4.78, 5) is 23.4. The van der Waals surface area contributed by atoms with E-state index in [0.29, 0.717) is 23.1 Å². The van der Waals surface area contributed by atoms with Crippen LogP contribution in [0.2, 0.25) is 5.02 Å². The van der Waals surface area contributed by atoms with E-state index in [1.165, 1.54) is 0 Å². The standard InChI is InChI=1S/C19H21ClN2O3/c1-13(2)21-18(23)11-19(24)22-16-7-9-17(10-8-16)25-12-14-3-5-15(20)6-4-14/h3-10,13H,11-12H2,1-2H3,(H,21,23)(H,22,24). The molecule has 0 unspecified atom stereocenters. The van der Waals surface area contributed by atoms with Gasteiger partial charge in [-0.2, -0.15) is 0 Å². The predicted octanol–water partition coefficient (Wildman–Crippen LogP) is 3.77. The van der Waals surface area contributed by atoms with Crippen molar-refractivity contribution in [3.8, 4) is 5.75 Å². The second kappa shape index (κ2) is 9.08. The molecule has 0 atom stereocenters. The van der Waals surface area contributed by atoms with Crippen LogP contribution in [0.1, 0.15) is 25.8 Å². The van der Waals surface area contributed by atoms with Crippen molar-refractivity contribution in [2.24, 2.45) is 0 Å². The van der Waals surface area contributed by atoms with Crippen LogP contribution in [0.3, 0.4) is 0 Å². The minimum absolute atomic E-state index is 0.0115. The Bertz CT molecular complexity index is 712. The van der Waals surface area contributed by atoms with Crippen molar-refractivity contribution in [1.29, 1.82) is 0 Å². The first-order valence-electron chi connectivity index (χ1n) is 7.99. The van der Waals surface area contributed by atoms with Crippen molar-refractivity contribution in [2.45, 2.75) is 32.9 Å². The van der Waals surface area contributed by atoms with E-state index in [4.69, 9.17) is 16.3 Å². The molecule has 2 rings (SSSR count). The van der Waals surface area contributed by atoms with Crippen molar-refractivity contribution in [1.82, 2.24) is 5.32 Å². The van der Waals surface area contributed by atoms with E-state index in [1.54, 1.807) is 24.3 Å². The first kappa shape index (κ1) is 18.8. The zero-order valence-electron chi connectivity index (χ0n) is 14.2. The van der Waals surface area contributed by atoms with Gasteiger partial charge in [-0.25, -0.2) is 0 Å². The van der Waals surface area contributed by atoms with E-state index in [-0.39, 0.29) is 24.3 Å². The van der Waals surface area contributed by atoms with Crippen LogP contribution >= 0.6 is 11.6 Å². The van der Waals surface area contributed by atoms with Crippen molar-refractivity contribution >= 4 is 29.1 Å². The summed E-state index contributed by atoms with van der Waals surface area (Å²) in [6, 6.07) is 14.4. The highest BCUT2D eigenvalue weighted by atomic mass is 35.5. The number of halogens is 1. The van der Waals surface area contributed by atoms with E-state index in [1.807, 2.05) is 38.1 Å². The molecule has 0 saturated carbocycles. The van der Waals surface area contributed by atoms with Gasteiger partial charge in [0, 0.05) is 16.8 Å². The number of ether oxygens (including phenoxy) is 1.